The van der Waals surface area contributed by atoms with Gasteiger partial charge in [-0.15, -0.1) is 11.8 Å². The van der Waals surface area contributed by atoms with Crippen LogP contribution in [0.2, 0.25) is 10.0 Å². The number of thioether (sulfide) groups is 1. The highest BCUT2D eigenvalue weighted by Gasteiger charge is 2.15. The molecular weight excluding hydrogens is 363 g/mol. The predicted molar refractivity (Wildman–Crippen MR) is 103 cm³/mol. The monoisotopic (exact) mass is 382 g/mol. The van der Waals surface area contributed by atoms with E-state index in [0.717, 1.165) is 11.3 Å². The van der Waals surface area contributed by atoms with E-state index in [1.807, 2.05) is 40.9 Å². The summed E-state index contributed by atoms with van der Waals surface area (Å²) in [6, 6.07) is 5.44. The van der Waals surface area contributed by atoms with Crippen molar-refractivity contribution in [3.63, 3.8) is 0 Å². The van der Waals surface area contributed by atoms with Crippen LogP contribution in [0.5, 0.6) is 0 Å². The Kier molecular flexibility index (Phi) is 6.52. The molecule has 1 aromatic heterocycles. The van der Waals surface area contributed by atoms with Crippen LogP contribution in [0.25, 0.3) is 12.0 Å². The first-order valence-electron chi connectivity index (χ1n) is 8.11. The van der Waals surface area contributed by atoms with E-state index in [-0.39, 0.29) is 0 Å². The molecule has 2 aromatic rings. The van der Waals surface area contributed by atoms with Crippen molar-refractivity contribution in [3.8, 4) is 0 Å². The van der Waals surface area contributed by atoms with Crippen molar-refractivity contribution in [2.75, 3.05) is 5.94 Å². The van der Waals surface area contributed by atoms with Crippen LogP contribution >= 0.6 is 35.0 Å². The Hall–Kier alpha value is -1.10. The van der Waals surface area contributed by atoms with Crippen LogP contribution in [0.4, 0.5) is 0 Å². The fraction of sp³-hybridized carbons (Fsp3) is 0.389. The smallest absolute Gasteiger partial charge is 0.145 e. The molecule has 1 aromatic carbocycles. The largest absolute Gasteiger partial charge is 0.481 e. The second kappa shape index (κ2) is 8.84. The highest BCUT2D eigenvalue weighted by Crippen LogP contribution is 2.32. The quantitative estimate of drug-likeness (QED) is 0.440. The molecule has 0 aliphatic heterocycles. The van der Waals surface area contributed by atoms with Crippen LogP contribution in [0, 0.1) is 0 Å². The number of hydrogen-bond acceptors (Lipinski definition) is 3. The van der Waals surface area contributed by atoms with Crippen LogP contribution in [0.3, 0.4) is 0 Å². The van der Waals surface area contributed by atoms with Gasteiger partial charge in [0.15, 0.2) is 0 Å². The van der Waals surface area contributed by atoms with E-state index in [1.54, 1.807) is 18.6 Å². The van der Waals surface area contributed by atoms with E-state index in [0.29, 0.717) is 21.2 Å². The molecule has 1 aliphatic carbocycles. The molecule has 1 heterocycles. The van der Waals surface area contributed by atoms with E-state index in [1.165, 1.54) is 32.1 Å². The maximum atomic E-state index is 6.36. The lowest BCUT2D eigenvalue weighted by Gasteiger charge is -2.21. The maximum Gasteiger partial charge on any atom is 0.145 e. The molecule has 0 atom stereocenters. The molecule has 0 saturated heterocycles. The first-order chi connectivity index (χ1) is 11.7. The fourth-order valence-corrected chi connectivity index (χ4v) is 4.34. The lowest BCUT2D eigenvalue weighted by molar-refractivity contribution is 0.348. The van der Waals surface area contributed by atoms with E-state index in [2.05, 4.69) is 4.98 Å². The van der Waals surface area contributed by atoms with Gasteiger partial charge in [0.2, 0.25) is 0 Å². The molecule has 0 N–H and O–H groups in total. The van der Waals surface area contributed by atoms with E-state index < -0.39 is 0 Å². The maximum absolute atomic E-state index is 6.36. The van der Waals surface area contributed by atoms with E-state index in [9.17, 15) is 0 Å². The molecule has 0 bridgehead atoms. The summed E-state index contributed by atoms with van der Waals surface area (Å²) >= 11 is 14.2. The van der Waals surface area contributed by atoms with E-state index >= 15 is 0 Å². The van der Waals surface area contributed by atoms with Gasteiger partial charge in [0.05, 0.1) is 17.5 Å². The summed E-state index contributed by atoms with van der Waals surface area (Å²) in [5.41, 5.74) is 0.832. The van der Waals surface area contributed by atoms with Crippen molar-refractivity contribution < 1.29 is 4.74 Å². The van der Waals surface area contributed by atoms with Gasteiger partial charge >= 0.3 is 0 Å². The topological polar surface area (TPSA) is 27.1 Å². The molecule has 1 saturated carbocycles. The third-order valence-electron chi connectivity index (χ3n) is 4.06. The van der Waals surface area contributed by atoms with Crippen molar-refractivity contribution in [2.24, 2.45) is 0 Å². The molecule has 24 heavy (non-hydrogen) atoms. The van der Waals surface area contributed by atoms with Gasteiger partial charge in [0.25, 0.3) is 0 Å². The normalized spacial score (nSPS) is 16.3. The number of nitrogens with zero attached hydrogens (tertiary/aromatic N) is 2. The number of halogens is 2. The molecule has 0 radical (unpaired) electrons. The van der Waals surface area contributed by atoms with Crippen LogP contribution in [-0.2, 0) is 4.74 Å². The summed E-state index contributed by atoms with van der Waals surface area (Å²) < 4.78 is 7.93. The van der Waals surface area contributed by atoms with Crippen molar-refractivity contribution in [2.45, 2.75) is 37.4 Å². The van der Waals surface area contributed by atoms with Gasteiger partial charge in [0.1, 0.15) is 11.7 Å². The highest BCUT2D eigenvalue weighted by molar-refractivity contribution is 7.99. The summed E-state index contributed by atoms with van der Waals surface area (Å²) in [6.07, 6.45) is 13.8. The third-order valence-corrected chi connectivity index (χ3v) is 5.80. The number of benzene rings is 1. The number of ether oxygens (including phenoxy) is 1. The van der Waals surface area contributed by atoms with Gasteiger partial charge in [-0.3, -0.25) is 0 Å². The average Bonchev–Trinajstić information content (AvgIpc) is 3.08. The van der Waals surface area contributed by atoms with Gasteiger partial charge in [-0.1, -0.05) is 42.5 Å². The first kappa shape index (κ1) is 17.7. The Morgan fingerprint density at radius 2 is 2.12 bits per heavy atom. The van der Waals surface area contributed by atoms with Gasteiger partial charge in [-0.05, 0) is 31.0 Å². The molecule has 0 unspecified atom stereocenters. The Balaban J connectivity index is 1.72. The van der Waals surface area contributed by atoms with Crippen LogP contribution in [0.1, 0.15) is 37.7 Å². The Morgan fingerprint density at radius 3 is 2.83 bits per heavy atom. The molecule has 3 rings (SSSR count). The molecule has 128 valence electrons. The zero-order valence-electron chi connectivity index (χ0n) is 13.3. The van der Waals surface area contributed by atoms with Crippen LogP contribution in [-0.4, -0.2) is 20.7 Å². The predicted octanol–water partition coefficient (Wildman–Crippen LogP) is 6.19. The summed E-state index contributed by atoms with van der Waals surface area (Å²) in [5.74, 6) is 1.34. The van der Waals surface area contributed by atoms with Crippen molar-refractivity contribution in [1.82, 2.24) is 9.55 Å². The number of rotatable bonds is 6. The Bertz CT molecular complexity index is 682. The van der Waals surface area contributed by atoms with Crippen LogP contribution in [0.15, 0.2) is 36.9 Å². The molecular formula is C18H20Cl2N2OS. The van der Waals surface area contributed by atoms with Gasteiger partial charge < -0.3 is 9.30 Å². The second-order valence-electron chi connectivity index (χ2n) is 5.82. The summed E-state index contributed by atoms with van der Waals surface area (Å²) in [6.45, 7) is 0. The fourth-order valence-electron chi connectivity index (χ4n) is 2.78. The van der Waals surface area contributed by atoms with Crippen molar-refractivity contribution >= 4 is 46.9 Å². The molecule has 1 aliphatic rings. The molecule has 1 fully saturated rings. The van der Waals surface area contributed by atoms with Crippen molar-refractivity contribution in [1.29, 1.82) is 0 Å². The average molecular weight is 383 g/mol. The Morgan fingerprint density at radius 1 is 1.29 bits per heavy atom. The number of hydrogen-bond donors (Lipinski definition) is 0. The zero-order valence-corrected chi connectivity index (χ0v) is 15.7. The SMILES string of the molecule is Clc1ccc(C(=Cn2ccnc2)OCSC2CCCCC2)c(Cl)c1. The molecule has 3 nitrogen and oxygen atoms in total. The summed E-state index contributed by atoms with van der Waals surface area (Å²) in [7, 11) is 0. The summed E-state index contributed by atoms with van der Waals surface area (Å²) in [5, 5.41) is 1.90. The van der Waals surface area contributed by atoms with Gasteiger partial charge in [0, 0.05) is 28.2 Å². The first-order valence-corrected chi connectivity index (χ1v) is 9.92. The molecule has 6 heteroatoms. The van der Waals surface area contributed by atoms with Crippen LogP contribution < -0.4 is 0 Å². The van der Waals surface area contributed by atoms with E-state index in [4.69, 9.17) is 27.9 Å². The minimum Gasteiger partial charge on any atom is -0.481 e. The number of imidazole rings is 1. The molecule has 0 spiro atoms. The minimum atomic E-state index is 0.580. The standard InChI is InChI=1S/C18H20Cl2N2OS/c19-14-6-7-16(17(20)10-14)18(11-22-9-8-21-12-22)23-13-24-15-4-2-1-3-5-15/h6-12,15H,1-5,13H2. The lowest BCUT2D eigenvalue weighted by Crippen LogP contribution is -2.09. The third kappa shape index (κ3) is 4.95. The number of aromatic nitrogens is 2. The Labute approximate surface area is 157 Å². The zero-order chi connectivity index (χ0) is 16.8. The minimum absolute atomic E-state index is 0.580. The van der Waals surface area contributed by atoms with Gasteiger partial charge in [-0.2, -0.15) is 0 Å². The highest BCUT2D eigenvalue weighted by atomic mass is 35.5. The molecule has 0 amide bonds. The lowest BCUT2D eigenvalue weighted by atomic mass is 10.0. The summed E-state index contributed by atoms with van der Waals surface area (Å²) in [4.78, 5) is 4.06. The second-order valence-corrected chi connectivity index (χ2v) is 7.90. The van der Waals surface area contributed by atoms with Gasteiger partial charge in [-0.25, -0.2) is 4.98 Å². The van der Waals surface area contributed by atoms with Crippen molar-refractivity contribution in [3.05, 3.63) is 52.5 Å².